The van der Waals surface area contributed by atoms with Gasteiger partial charge in [0.25, 0.3) is 0 Å². The molecule has 0 saturated heterocycles. The molecule has 19 heavy (non-hydrogen) atoms. The Morgan fingerprint density at radius 1 is 1.16 bits per heavy atom. The summed E-state index contributed by atoms with van der Waals surface area (Å²) in [7, 11) is 1.96. The lowest BCUT2D eigenvalue weighted by atomic mass is 10.3. The summed E-state index contributed by atoms with van der Waals surface area (Å²) >= 11 is 0. The predicted octanol–water partition coefficient (Wildman–Crippen LogP) is 2.29. The van der Waals surface area contributed by atoms with E-state index < -0.39 is 0 Å². The highest BCUT2D eigenvalue weighted by molar-refractivity contribution is 5.53. The molecule has 0 aromatic carbocycles. The molecule has 5 heteroatoms. The topological polar surface area (TPSA) is 54.8 Å². The molecular formula is C14H21N5. The largest absolute Gasteiger partial charge is 0.384 e. The minimum atomic E-state index is 0.873. The highest BCUT2D eigenvalue weighted by atomic mass is 15.3. The zero-order valence-corrected chi connectivity index (χ0v) is 11.6. The van der Waals surface area contributed by atoms with Crippen molar-refractivity contribution in [2.75, 3.05) is 23.7 Å². The first-order chi connectivity index (χ1) is 9.29. The minimum absolute atomic E-state index is 0.873. The van der Waals surface area contributed by atoms with Crippen LogP contribution in [-0.2, 0) is 13.5 Å². The van der Waals surface area contributed by atoms with Crippen LogP contribution in [0.1, 0.15) is 19.0 Å². The second-order valence-electron chi connectivity index (χ2n) is 4.51. The van der Waals surface area contributed by atoms with Gasteiger partial charge in [-0.1, -0.05) is 6.92 Å². The third-order valence-corrected chi connectivity index (χ3v) is 2.95. The van der Waals surface area contributed by atoms with Crippen molar-refractivity contribution < 1.29 is 0 Å². The maximum atomic E-state index is 4.23. The Hall–Kier alpha value is -2.04. The summed E-state index contributed by atoms with van der Waals surface area (Å²) in [5.41, 5.74) is 3.33. The number of hydrogen-bond donors (Lipinski definition) is 2. The normalized spacial score (nSPS) is 10.4. The van der Waals surface area contributed by atoms with Gasteiger partial charge in [0.1, 0.15) is 0 Å². The van der Waals surface area contributed by atoms with Crippen molar-refractivity contribution in [3.05, 3.63) is 36.4 Å². The monoisotopic (exact) mass is 259 g/mol. The van der Waals surface area contributed by atoms with E-state index >= 15 is 0 Å². The van der Waals surface area contributed by atoms with E-state index in [0.29, 0.717) is 0 Å². The zero-order chi connectivity index (χ0) is 13.5. The lowest BCUT2D eigenvalue weighted by molar-refractivity contribution is 0.711. The third kappa shape index (κ3) is 3.98. The van der Waals surface area contributed by atoms with Crippen molar-refractivity contribution in [1.82, 2.24) is 14.8 Å². The number of aromatic nitrogens is 3. The average Bonchev–Trinajstić information content (AvgIpc) is 2.83. The van der Waals surface area contributed by atoms with Crippen LogP contribution >= 0.6 is 0 Å². The molecule has 2 N–H and O–H groups in total. The van der Waals surface area contributed by atoms with Crippen LogP contribution in [0.15, 0.2) is 30.7 Å². The molecule has 0 amide bonds. The van der Waals surface area contributed by atoms with Crippen LogP contribution in [0.4, 0.5) is 11.4 Å². The summed E-state index contributed by atoms with van der Waals surface area (Å²) < 4.78 is 1.90. The predicted molar refractivity (Wildman–Crippen MR) is 78.4 cm³/mol. The second-order valence-corrected chi connectivity index (χ2v) is 4.51. The second kappa shape index (κ2) is 6.78. The Kier molecular flexibility index (Phi) is 4.78. The molecule has 0 spiro atoms. The Labute approximate surface area is 114 Å². The highest BCUT2D eigenvalue weighted by Gasteiger charge is 1.99. The van der Waals surface area contributed by atoms with Crippen LogP contribution in [0.25, 0.3) is 0 Å². The summed E-state index contributed by atoms with van der Waals surface area (Å²) in [6.07, 6.45) is 7.58. The van der Waals surface area contributed by atoms with Crippen LogP contribution in [0.5, 0.6) is 0 Å². The van der Waals surface area contributed by atoms with Crippen molar-refractivity contribution in [2.45, 2.75) is 19.8 Å². The molecule has 0 fully saturated rings. The van der Waals surface area contributed by atoms with Gasteiger partial charge in [0.05, 0.1) is 23.8 Å². The Bertz CT molecular complexity index is 506. The van der Waals surface area contributed by atoms with Gasteiger partial charge in [0.15, 0.2) is 0 Å². The van der Waals surface area contributed by atoms with Gasteiger partial charge >= 0.3 is 0 Å². The standard InChI is InChI=1S/C14H21N5/c1-3-6-16-12-9-13(11-15-10-12)17-7-4-14-5-8-18-19(14)2/h5,8-11,16-17H,3-4,6-7H2,1-2H3. The van der Waals surface area contributed by atoms with Gasteiger partial charge in [0, 0.05) is 38.4 Å². The van der Waals surface area contributed by atoms with Gasteiger partial charge in [-0.05, 0) is 18.6 Å². The van der Waals surface area contributed by atoms with Gasteiger partial charge in [-0.25, -0.2) is 0 Å². The molecule has 102 valence electrons. The molecule has 0 aliphatic rings. The summed E-state index contributed by atoms with van der Waals surface area (Å²) in [4.78, 5) is 4.23. The van der Waals surface area contributed by atoms with Crippen LogP contribution in [0, 0.1) is 0 Å². The van der Waals surface area contributed by atoms with E-state index in [4.69, 9.17) is 0 Å². The van der Waals surface area contributed by atoms with Crippen molar-refractivity contribution in [2.24, 2.45) is 7.05 Å². The molecule has 2 rings (SSSR count). The van der Waals surface area contributed by atoms with Gasteiger partial charge in [-0.2, -0.15) is 5.10 Å². The maximum Gasteiger partial charge on any atom is 0.0547 e. The Balaban J connectivity index is 1.84. The van der Waals surface area contributed by atoms with Crippen LogP contribution in [0.3, 0.4) is 0 Å². The van der Waals surface area contributed by atoms with E-state index in [-0.39, 0.29) is 0 Å². The lowest BCUT2D eigenvalue weighted by Crippen LogP contribution is -2.09. The molecule has 5 nitrogen and oxygen atoms in total. The number of pyridine rings is 1. The average molecular weight is 259 g/mol. The number of anilines is 2. The van der Waals surface area contributed by atoms with E-state index in [1.807, 2.05) is 36.4 Å². The fourth-order valence-corrected chi connectivity index (χ4v) is 1.88. The number of nitrogens with one attached hydrogen (secondary N) is 2. The third-order valence-electron chi connectivity index (χ3n) is 2.95. The van der Waals surface area contributed by atoms with E-state index in [9.17, 15) is 0 Å². The fourth-order valence-electron chi connectivity index (χ4n) is 1.88. The zero-order valence-electron chi connectivity index (χ0n) is 11.6. The van der Waals surface area contributed by atoms with Crippen molar-refractivity contribution >= 4 is 11.4 Å². The van der Waals surface area contributed by atoms with E-state index in [1.54, 1.807) is 0 Å². The van der Waals surface area contributed by atoms with Gasteiger partial charge in [-0.3, -0.25) is 9.67 Å². The first-order valence-corrected chi connectivity index (χ1v) is 6.69. The summed E-state index contributed by atoms with van der Waals surface area (Å²) in [6.45, 7) is 4.00. The van der Waals surface area contributed by atoms with E-state index in [1.165, 1.54) is 5.69 Å². The molecule has 2 aromatic heterocycles. The van der Waals surface area contributed by atoms with Gasteiger partial charge in [-0.15, -0.1) is 0 Å². The van der Waals surface area contributed by atoms with Gasteiger partial charge in [0.2, 0.25) is 0 Å². The number of hydrogen-bond acceptors (Lipinski definition) is 4. The molecule has 0 aliphatic heterocycles. The lowest BCUT2D eigenvalue weighted by Gasteiger charge is -2.09. The Morgan fingerprint density at radius 3 is 2.53 bits per heavy atom. The molecule has 0 saturated carbocycles. The van der Waals surface area contributed by atoms with Crippen molar-refractivity contribution in [1.29, 1.82) is 0 Å². The van der Waals surface area contributed by atoms with Crippen LogP contribution in [0.2, 0.25) is 0 Å². The minimum Gasteiger partial charge on any atom is -0.384 e. The van der Waals surface area contributed by atoms with Crippen molar-refractivity contribution in [3.63, 3.8) is 0 Å². The molecule has 2 heterocycles. The quantitative estimate of drug-likeness (QED) is 0.801. The van der Waals surface area contributed by atoms with E-state index in [0.717, 1.165) is 37.3 Å². The fraction of sp³-hybridized carbons (Fsp3) is 0.429. The molecular weight excluding hydrogens is 238 g/mol. The molecule has 0 aliphatic carbocycles. The Morgan fingerprint density at radius 2 is 1.89 bits per heavy atom. The van der Waals surface area contributed by atoms with Crippen LogP contribution in [-0.4, -0.2) is 27.9 Å². The number of rotatable bonds is 7. The first-order valence-electron chi connectivity index (χ1n) is 6.69. The molecule has 0 atom stereocenters. The summed E-state index contributed by atoms with van der Waals surface area (Å²) in [5.74, 6) is 0. The molecule has 0 radical (unpaired) electrons. The number of nitrogens with zero attached hydrogens (tertiary/aromatic N) is 3. The maximum absolute atomic E-state index is 4.23. The SMILES string of the molecule is CCCNc1cncc(NCCc2ccnn2C)c1. The highest BCUT2D eigenvalue weighted by Crippen LogP contribution is 2.12. The summed E-state index contributed by atoms with van der Waals surface area (Å²) in [6, 6.07) is 4.13. The first kappa shape index (κ1) is 13.4. The van der Waals surface area contributed by atoms with E-state index in [2.05, 4.69) is 33.7 Å². The smallest absolute Gasteiger partial charge is 0.0547 e. The molecule has 0 unspecified atom stereocenters. The van der Waals surface area contributed by atoms with Gasteiger partial charge < -0.3 is 10.6 Å². The summed E-state index contributed by atoms with van der Waals surface area (Å²) in [5, 5.41) is 10.9. The van der Waals surface area contributed by atoms with Crippen LogP contribution < -0.4 is 10.6 Å². The molecule has 0 bridgehead atoms. The van der Waals surface area contributed by atoms with Crippen molar-refractivity contribution in [3.8, 4) is 0 Å². The number of aryl methyl sites for hydroxylation is 1. The molecule has 2 aromatic rings.